The van der Waals surface area contributed by atoms with Gasteiger partial charge in [0.2, 0.25) is 5.91 Å². The number of aliphatic hydroxyl groups is 1. The number of hydrogen-bond acceptors (Lipinski definition) is 4. The summed E-state index contributed by atoms with van der Waals surface area (Å²) in [5, 5.41) is 12.7. The molecule has 1 saturated carbocycles. The second-order valence-electron chi connectivity index (χ2n) is 7.99. The summed E-state index contributed by atoms with van der Waals surface area (Å²) >= 11 is 0. The van der Waals surface area contributed by atoms with E-state index in [-0.39, 0.29) is 23.8 Å². The number of nitrogens with zero attached hydrogens (tertiary/aromatic N) is 1. The summed E-state index contributed by atoms with van der Waals surface area (Å²) in [5.41, 5.74) is 0.520. The molecule has 0 radical (unpaired) electrons. The van der Waals surface area contributed by atoms with Gasteiger partial charge in [-0.3, -0.25) is 9.59 Å². The Kier molecular flexibility index (Phi) is 6.37. The van der Waals surface area contributed by atoms with Crippen molar-refractivity contribution >= 4 is 11.8 Å². The number of hydrogen-bond donors (Lipinski definition) is 2. The topological polar surface area (TPSA) is 78.9 Å². The summed E-state index contributed by atoms with van der Waals surface area (Å²) < 4.78 is 5.57. The molecule has 2 amide bonds. The molecule has 1 aromatic rings. The molecule has 1 saturated heterocycles. The molecule has 2 fully saturated rings. The van der Waals surface area contributed by atoms with Crippen molar-refractivity contribution in [2.24, 2.45) is 11.3 Å². The largest absolute Gasteiger partial charge is 0.492 e. The molecule has 1 unspecified atom stereocenters. The number of carbonyl (C=O) groups is 2. The predicted molar refractivity (Wildman–Crippen MR) is 103 cm³/mol. The first-order chi connectivity index (χ1) is 13.0. The fourth-order valence-electron chi connectivity index (χ4n) is 3.95. The number of ether oxygens (including phenoxy) is 1. The summed E-state index contributed by atoms with van der Waals surface area (Å²) in [6.45, 7) is 3.87. The van der Waals surface area contributed by atoms with Crippen molar-refractivity contribution in [3.05, 3.63) is 29.8 Å². The van der Waals surface area contributed by atoms with E-state index >= 15 is 0 Å². The van der Waals surface area contributed by atoms with Gasteiger partial charge in [-0.25, -0.2) is 0 Å². The van der Waals surface area contributed by atoms with Gasteiger partial charge in [-0.1, -0.05) is 12.8 Å². The molecule has 1 aliphatic carbocycles. The third kappa shape index (κ3) is 5.45. The number of carbonyl (C=O) groups excluding carboxylic acids is 2. The predicted octanol–water partition coefficient (Wildman–Crippen LogP) is 2.22. The standard InChI is InChI=1S/C21H30N2O4/c1-16(25)22-10-12-27-19-7-5-18(6-8-19)20(26)23-11-2-9-21(14-23,15-24)13-17-3-4-17/h5-8,17,24H,2-4,9-15H2,1H3,(H,22,25). The smallest absolute Gasteiger partial charge is 0.253 e. The lowest BCUT2D eigenvalue weighted by Gasteiger charge is -2.42. The number of piperidine rings is 1. The SMILES string of the molecule is CC(=O)NCCOc1ccc(C(=O)N2CCCC(CO)(CC3CC3)C2)cc1. The van der Waals surface area contributed by atoms with E-state index in [2.05, 4.69) is 5.32 Å². The number of rotatable bonds is 8. The van der Waals surface area contributed by atoms with Crippen LogP contribution in [0.15, 0.2) is 24.3 Å². The summed E-state index contributed by atoms with van der Waals surface area (Å²) in [4.78, 5) is 25.6. The molecule has 27 heavy (non-hydrogen) atoms. The number of amides is 2. The van der Waals surface area contributed by atoms with Crippen LogP contribution in [0.1, 0.15) is 49.4 Å². The lowest BCUT2D eigenvalue weighted by molar-refractivity contribution is -0.119. The number of aliphatic hydroxyl groups excluding tert-OH is 1. The van der Waals surface area contributed by atoms with Gasteiger partial charge in [0, 0.05) is 31.0 Å². The van der Waals surface area contributed by atoms with Gasteiger partial charge in [0.1, 0.15) is 12.4 Å². The zero-order valence-corrected chi connectivity index (χ0v) is 16.1. The first kappa shape index (κ1) is 19.7. The molecule has 0 aromatic heterocycles. The second kappa shape index (κ2) is 8.74. The third-order valence-corrected chi connectivity index (χ3v) is 5.55. The summed E-state index contributed by atoms with van der Waals surface area (Å²) in [6.07, 6.45) is 5.51. The van der Waals surface area contributed by atoms with Crippen LogP contribution in [0.3, 0.4) is 0 Å². The highest BCUT2D eigenvalue weighted by molar-refractivity contribution is 5.94. The minimum absolute atomic E-state index is 0.0214. The Morgan fingerprint density at radius 1 is 1.30 bits per heavy atom. The maximum atomic E-state index is 12.9. The molecule has 1 heterocycles. The van der Waals surface area contributed by atoms with E-state index in [0.717, 1.165) is 31.7 Å². The fraction of sp³-hybridized carbons (Fsp3) is 0.619. The van der Waals surface area contributed by atoms with Crippen LogP contribution in [-0.2, 0) is 4.79 Å². The van der Waals surface area contributed by atoms with E-state index < -0.39 is 0 Å². The minimum Gasteiger partial charge on any atom is -0.492 e. The van der Waals surface area contributed by atoms with E-state index in [9.17, 15) is 14.7 Å². The van der Waals surface area contributed by atoms with Crippen LogP contribution in [0.25, 0.3) is 0 Å². The average molecular weight is 374 g/mol. The van der Waals surface area contributed by atoms with Gasteiger partial charge in [-0.2, -0.15) is 0 Å². The molecule has 3 rings (SSSR count). The zero-order valence-electron chi connectivity index (χ0n) is 16.1. The molecule has 1 aromatic carbocycles. The highest BCUT2D eigenvalue weighted by Gasteiger charge is 2.41. The first-order valence-corrected chi connectivity index (χ1v) is 9.89. The van der Waals surface area contributed by atoms with Crippen LogP contribution in [0.5, 0.6) is 5.75 Å². The molecule has 0 spiro atoms. The maximum absolute atomic E-state index is 12.9. The minimum atomic E-state index is -0.123. The van der Waals surface area contributed by atoms with Gasteiger partial charge < -0.3 is 20.1 Å². The fourth-order valence-corrected chi connectivity index (χ4v) is 3.95. The quantitative estimate of drug-likeness (QED) is 0.684. The van der Waals surface area contributed by atoms with Crippen molar-refractivity contribution in [2.75, 3.05) is 32.8 Å². The number of benzene rings is 1. The van der Waals surface area contributed by atoms with Gasteiger partial charge in [-0.15, -0.1) is 0 Å². The lowest BCUT2D eigenvalue weighted by Crippen LogP contribution is -2.48. The van der Waals surface area contributed by atoms with Gasteiger partial charge in [-0.05, 0) is 49.4 Å². The van der Waals surface area contributed by atoms with Crippen LogP contribution in [0.4, 0.5) is 0 Å². The van der Waals surface area contributed by atoms with Crippen molar-refractivity contribution in [1.82, 2.24) is 10.2 Å². The normalized spacial score (nSPS) is 22.4. The average Bonchev–Trinajstić information content (AvgIpc) is 3.49. The van der Waals surface area contributed by atoms with E-state index in [1.807, 2.05) is 4.90 Å². The second-order valence-corrected chi connectivity index (χ2v) is 7.99. The Hall–Kier alpha value is -2.08. The molecule has 1 aliphatic heterocycles. The van der Waals surface area contributed by atoms with Crippen molar-refractivity contribution in [3.8, 4) is 5.75 Å². The number of nitrogens with one attached hydrogen (secondary N) is 1. The van der Waals surface area contributed by atoms with E-state index in [1.54, 1.807) is 24.3 Å². The first-order valence-electron chi connectivity index (χ1n) is 9.89. The molecule has 148 valence electrons. The zero-order chi connectivity index (χ0) is 19.3. The third-order valence-electron chi connectivity index (χ3n) is 5.55. The highest BCUT2D eigenvalue weighted by atomic mass is 16.5. The monoisotopic (exact) mass is 374 g/mol. The molecule has 6 nitrogen and oxygen atoms in total. The highest BCUT2D eigenvalue weighted by Crippen LogP contribution is 2.44. The van der Waals surface area contributed by atoms with Crippen molar-refractivity contribution in [2.45, 2.75) is 39.0 Å². The number of likely N-dealkylation sites (tertiary alicyclic amines) is 1. The van der Waals surface area contributed by atoms with Gasteiger partial charge in [0.25, 0.3) is 5.91 Å². The Balaban J connectivity index is 1.55. The van der Waals surface area contributed by atoms with Crippen molar-refractivity contribution in [3.63, 3.8) is 0 Å². The van der Waals surface area contributed by atoms with Crippen LogP contribution < -0.4 is 10.1 Å². The van der Waals surface area contributed by atoms with Crippen LogP contribution in [0.2, 0.25) is 0 Å². The van der Waals surface area contributed by atoms with Crippen molar-refractivity contribution in [1.29, 1.82) is 0 Å². The summed E-state index contributed by atoms with van der Waals surface area (Å²) in [6, 6.07) is 7.14. The van der Waals surface area contributed by atoms with Gasteiger partial charge in [0.15, 0.2) is 0 Å². The molecule has 0 bridgehead atoms. The molecule has 1 atom stereocenters. The van der Waals surface area contributed by atoms with Gasteiger partial charge in [0.05, 0.1) is 13.2 Å². The summed E-state index contributed by atoms with van der Waals surface area (Å²) in [7, 11) is 0. The van der Waals surface area contributed by atoms with E-state index in [1.165, 1.54) is 19.8 Å². The van der Waals surface area contributed by atoms with Gasteiger partial charge >= 0.3 is 0 Å². The Morgan fingerprint density at radius 2 is 2.04 bits per heavy atom. The van der Waals surface area contributed by atoms with Crippen LogP contribution in [0, 0.1) is 11.3 Å². The molecular formula is C21H30N2O4. The Bertz CT molecular complexity index is 657. The Morgan fingerprint density at radius 3 is 2.67 bits per heavy atom. The molecule has 2 N–H and O–H groups in total. The molecule has 6 heteroatoms. The maximum Gasteiger partial charge on any atom is 0.253 e. The Labute approximate surface area is 160 Å². The lowest BCUT2D eigenvalue weighted by atomic mass is 9.76. The molecular weight excluding hydrogens is 344 g/mol. The van der Waals surface area contributed by atoms with Crippen molar-refractivity contribution < 1.29 is 19.4 Å². The van der Waals surface area contributed by atoms with E-state index in [0.29, 0.717) is 31.0 Å². The van der Waals surface area contributed by atoms with Crippen LogP contribution in [-0.4, -0.2) is 54.7 Å². The van der Waals surface area contributed by atoms with Crippen LogP contribution >= 0.6 is 0 Å². The molecule has 2 aliphatic rings. The van der Waals surface area contributed by atoms with E-state index in [4.69, 9.17) is 4.74 Å². The summed E-state index contributed by atoms with van der Waals surface area (Å²) in [5.74, 6) is 1.35.